The highest BCUT2D eigenvalue weighted by atomic mass is 35.5. The van der Waals surface area contributed by atoms with Crippen LogP contribution in [0.5, 0.6) is 11.5 Å². The Morgan fingerprint density at radius 1 is 0.649 bits per heavy atom. The Morgan fingerprint density at radius 2 is 1.14 bits per heavy atom. The molecule has 0 fully saturated rings. The van der Waals surface area contributed by atoms with Crippen LogP contribution in [0.3, 0.4) is 0 Å². The van der Waals surface area contributed by atoms with Gasteiger partial charge in [0.05, 0.1) is 4.92 Å². The maximum atomic E-state index is 12.9. The third-order valence-electron chi connectivity index (χ3n) is 4.96. The largest absolute Gasteiger partial charge is 0.379 e. The molecule has 0 N–H and O–H groups in total. The first-order valence-corrected chi connectivity index (χ1v) is 13.8. The van der Waals surface area contributed by atoms with Gasteiger partial charge in [0, 0.05) is 21.7 Å². The Balaban J connectivity index is 1.68. The standard InChI is InChI=1S/C24H15Cl2NO8S2/c25-17-6-12-20(13-7-17)36(30,31)34-19-10-4-16(5-11-19)22-2-1-3-23(27(28)29)24(22)35-37(32,33)21-14-8-18(26)9-15-21/h1-15H. The topological polar surface area (TPSA) is 130 Å². The van der Waals surface area contributed by atoms with Crippen molar-refractivity contribution in [3.8, 4) is 22.6 Å². The molecule has 0 saturated heterocycles. The molecule has 0 aliphatic carbocycles. The molecule has 0 unspecified atom stereocenters. The molecule has 0 amide bonds. The van der Waals surface area contributed by atoms with Crippen LogP contribution in [0.2, 0.25) is 10.0 Å². The lowest BCUT2D eigenvalue weighted by molar-refractivity contribution is -0.385. The molecule has 4 rings (SSSR count). The lowest BCUT2D eigenvalue weighted by Crippen LogP contribution is -2.11. The summed E-state index contributed by atoms with van der Waals surface area (Å²) in [5.74, 6) is -0.551. The minimum atomic E-state index is -4.46. The zero-order chi connectivity index (χ0) is 26.8. The van der Waals surface area contributed by atoms with Gasteiger partial charge in [-0.15, -0.1) is 0 Å². The first kappa shape index (κ1) is 26.4. The molecule has 4 aromatic rings. The molecule has 0 bridgehead atoms. The number of hydrogen-bond acceptors (Lipinski definition) is 8. The van der Waals surface area contributed by atoms with Crippen molar-refractivity contribution in [1.29, 1.82) is 0 Å². The van der Waals surface area contributed by atoms with Crippen LogP contribution in [-0.4, -0.2) is 21.8 Å². The van der Waals surface area contributed by atoms with Gasteiger partial charge in [-0.1, -0.05) is 47.5 Å². The number of nitrogens with zero attached hydrogens (tertiary/aromatic N) is 1. The third kappa shape index (κ3) is 6.03. The van der Waals surface area contributed by atoms with Crippen LogP contribution in [0, 0.1) is 10.1 Å². The molecule has 0 atom stereocenters. The van der Waals surface area contributed by atoms with Gasteiger partial charge in [-0.25, -0.2) is 0 Å². The smallest absolute Gasteiger partial charge is 0.339 e. The average molecular weight is 580 g/mol. The average Bonchev–Trinajstić information content (AvgIpc) is 2.85. The summed E-state index contributed by atoms with van der Waals surface area (Å²) in [6.45, 7) is 0. The van der Waals surface area contributed by atoms with Crippen LogP contribution < -0.4 is 8.37 Å². The summed E-state index contributed by atoms with van der Waals surface area (Å²) < 4.78 is 61.1. The summed E-state index contributed by atoms with van der Waals surface area (Å²) >= 11 is 11.6. The van der Waals surface area contributed by atoms with Crippen LogP contribution >= 0.6 is 23.2 Å². The minimum absolute atomic E-state index is 0.0413. The van der Waals surface area contributed by atoms with Gasteiger partial charge in [-0.2, -0.15) is 16.8 Å². The summed E-state index contributed by atoms with van der Waals surface area (Å²) in [6, 6.07) is 19.9. The van der Waals surface area contributed by atoms with Crippen molar-refractivity contribution in [3.63, 3.8) is 0 Å². The molecule has 9 nitrogen and oxygen atoms in total. The van der Waals surface area contributed by atoms with Crippen molar-refractivity contribution in [2.45, 2.75) is 9.79 Å². The second-order valence-corrected chi connectivity index (χ2v) is 11.4. The number of hydrogen-bond donors (Lipinski definition) is 0. The molecule has 190 valence electrons. The van der Waals surface area contributed by atoms with E-state index in [4.69, 9.17) is 31.6 Å². The van der Waals surface area contributed by atoms with E-state index in [1.807, 2.05) is 0 Å². The lowest BCUT2D eigenvalue weighted by Gasteiger charge is -2.13. The van der Waals surface area contributed by atoms with Gasteiger partial charge in [0.1, 0.15) is 15.5 Å². The number of nitro groups is 1. The molecule has 0 radical (unpaired) electrons. The predicted octanol–water partition coefficient (Wildman–Crippen LogP) is 6.10. The third-order valence-corrected chi connectivity index (χ3v) is 7.96. The molecule has 4 aromatic carbocycles. The fourth-order valence-corrected chi connectivity index (χ4v) is 5.35. The van der Waals surface area contributed by atoms with Crippen molar-refractivity contribution in [2.75, 3.05) is 0 Å². The van der Waals surface area contributed by atoms with Crippen LogP contribution in [0.4, 0.5) is 5.69 Å². The molecule has 0 aliphatic heterocycles. The van der Waals surface area contributed by atoms with Crippen molar-refractivity contribution in [2.24, 2.45) is 0 Å². The van der Waals surface area contributed by atoms with Crippen LogP contribution in [0.25, 0.3) is 11.1 Å². The molecule has 13 heteroatoms. The highest BCUT2D eigenvalue weighted by Gasteiger charge is 2.27. The lowest BCUT2D eigenvalue weighted by atomic mass is 10.0. The summed E-state index contributed by atoms with van der Waals surface area (Å²) in [7, 11) is -8.61. The summed E-state index contributed by atoms with van der Waals surface area (Å²) in [4.78, 5) is 10.5. The fourth-order valence-electron chi connectivity index (χ4n) is 3.21. The Kier molecular flexibility index (Phi) is 7.42. The van der Waals surface area contributed by atoms with Gasteiger partial charge >= 0.3 is 25.9 Å². The zero-order valence-electron chi connectivity index (χ0n) is 18.4. The second-order valence-electron chi connectivity index (χ2n) is 7.42. The predicted molar refractivity (Wildman–Crippen MR) is 137 cm³/mol. The highest BCUT2D eigenvalue weighted by Crippen LogP contribution is 2.40. The zero-order valence-corrected chi connectivity index (χ0v) is 21.6. The van der Waals surface area contributed by atoms with E-state index in [2.05, 4.69) is 0 Å². The first-order chi connectivity index (χ1) is 17.5. The molecule has 0 aliphatic rings. The minimum Gasteiger partial charge on any atom is -0.379 e. The number of halogens is 2. The number of rotatable bonds is 8. The van der Waals surface area contributed by atoms with Crippen LogP contribution in [-0.2, 0) is 20.2 Å². The summed E-state index contributed by atoms with van der Waals surface area (Å²) in [6.07, 6.45) is 0. The van der Waals surface area contributed by atoms with Gasteiger partial charge < -0.3 is 8.37 Å². The summed E-state index contributed by atoms with van der Waals surface area (Å²) in [5, 5.41) is 12.3. The van der Waals surface area contributed by atoms with Gasteiger partial charge in [-0.3, -0.25) is 10.1 Å². The number of benzene rings is 4. The SMILES string of the molecule is O=[N+]([O-])c1cccc(-c2ccc(OS(=O)(=O)c3ccc(Cl)cc3)cc2)c1OS(=O)(=O)c1ccc(Cl)cc1. The Morgan fingerprint density at radius 3 is 1.62 bits per heavy atom. The van der Waals surface area contributed by atoms with E-state index in [0.717, 1.165) is 6.07 Å². The van der Waals surface area contributed by atoms with Gasteiger partial charge in [0.2, 0.25) is 5.75 Å². The molecule has 0 aromatic heterocycles. The molecule has 0 saturated carbocycles. The summed E-state index contributed by atoms with van der Waals surface area (Å²) in [5.41, 5.74) is -0.194. The maximum absolute atomic E-state index is 12.9. The normalized spacial score (nSPS) is 11.6. The van der Waals surface area contributed by atoms with Crippen molar-refractivity contribution in [3.05, 3.63) is 111 Å². The van der Waals surface area contributed by atoms with Crippen LogP contribution in [0.15, 0.2) is 101 Å². The van der Waals surface area contributed by atoms with Crippen molar-refractivity contribution >= 4 is 49.1 Å². The van der Waals surface area contributed by atoms with E-state index >= 15 is 0 Å². The number of para-hydroxylation sites is 1. The maximum Gasteiger partial charge on any atom is 0.339 e. The monoisotopic (exact) mass is 579 g/mol. The second kappa shape index (κ2) is 10.4. The van der Waals surface area contributed by atoms with Gasteiger partial charge in [-0.05, 0) is 66.2 Å². The van der Waals surface area contributed by atoms with E-state index < -0.39 is 36.6 Å². The fraction of sp³-hybridized carbons (Fsp3) is 0. The van der Waals surface area contributed by atoms with Crippen molar-refractivity contribution in [1.82, 2.24) is 0 Å². The van der Waals surface area contributed by atoms with E-state index in [0.29, 0.717) is 15.6 Å². The first-order valence-electron chi connectivity index (χ1n) is 10.2. The molecule has 0 heterocycles. The van der Waals surface area contributed by atoms with Gasteiger partial charge in [0.25, 0.3) is 0 Å². The number of nitro benzene ring substituents is 1. The molecule has 37 heavy (non-hydrogen) atoms. The molecular weight excluding hydrogens is 565 g/mol. The quantitative estimate of drug-likeness (QED) is 0.139. The van der Waals surface area contributed by atoms with E-state index in [-0.39, 0.29) is 21.1 Å². The van der Waals surface area contributed by atoms with Crippen LogP contribution in [0.1, 0.15) is 0 Å². The van der Waals surface area contributed by atoms with E-state index in [1.165, 1.54) is 84.9 Å². The van der Waals surface area contributed by atoms with Gasteiger partial charge in [0.15, 0.2) is 0 Å². The van der Waals surface area contributed by atoms with Crippen molar-refractivity contribution < 1.29 is 30.1 Å². The Labute approximate surface area is 222 Å². The molecular formula is C24H15Cl2NO8S2. The Hall–Kier alpha value is -3.64. The Bertz CT molecular complexity index is 1670. The molecule has 0 spiro atoms. The highest BCUT2D eigenvalue weighted by molar-refractivity contribution is 7.87. The van der Waals surface area contributed by atoms with E-state index in [9.17, 15) is 26.9 Å². The van der Waals surface area contributed by atoms with E-state index in [1.54, 1.807) is 0 Å².